The molecule has 0 aliphatic heterocycles. The third-order valence-corrected chi connectivity index (χ3v) is 2.89. The highest BCUT2D eigenvalue weighted by molar-refractivity contribution is 5.95. The predicted octanol–water partition coefficient (Wildman–Crippen LogP) is 2.27. The van der Waals surface area contributed by atoms with Crippen LogP contribution in [0.15, 0.2) is 36.5 Å². The van der Waals surface area contributed by atoms with Gasteiger partial charge in [-0.2, -0.15) is 0 Å². The largest absolute Gasteiger partial charge is 0.451 e. The van der Waals surface area contributed by atoms with Gasteiger partial charge >= 0.3 is 5.97 Å². The van der Waals surface area contributed by atoms with Gasteiger partial charge < -0.3 is 14.6 Å². The average Bonchev–Trinajstić information content (AvgIpc) is 2.85. The topological polar surface area (TPSA) is 60.3 Å². The number of ether oxygens (including phenoxy) is 1. The van der Waals surface area contributed by atoms with Crippen molar-refractivity contribution in [2.75, 3.05) is 11.9 Å². The number of nitrogens with zero attached hydrogens (tertiary/aromatic N) is 1. The van der Waals surface area contributed by atoms with Gasteiger partial charge in [-0.25, -0.2) is 9.18 Å². The molecule has 0 saturated heterocycles. The van der Waals surface area contributed by atoms with E-state index in [-0.39, 0.29) is 5.69 Å². The number of halogens is 1. The minimum absolute atomic E-state index is 0.0560. The average molecular weight is 290 g/mol. The number of nitrogens with one attached hydrogen (secondary N) is 1. The molecule has 1 aromatic heterocycles. The number of esters is 1. The van der Waals surface area contributed by atoms with Crippen molar-refractivity contribution in [2.24, 2.45) is 7.05 Å². The molecule has 0 aliphatic carbocycles. The molecule has 1 amide bonds. The van der Waals surface area contributed by atoms with Crippen LogP contribution in [0.4, 0.5) is 10.1 Å². The minimum atomic E-state index is -0.609. The van der Waals surface area contributed by atoms with E-state index >= 15 is 0 Å². The second-order valence-corrected chi connectivity index (χ2v) is 4.61. The first-order valence-electron chi connectivity index (χ1n) is 6.32. The van der Waals surface area contributed by atoms with Crippen molar-refractivity contribution in [1.82, 2.24) is 4.57 Å². The summed E-state index contributed by atoms with van der Waals surface area (Å²) in [5.74, 6) is -1.74. The van der Waals surface area contributed by atoms with Crippen LogP contribution in [0, 0.1) is 12.7 Å². The second-order valence-electron chi connectivity index (χ2n) is 4.61. The lowest BCUT2D eigenvalue weighted by Crippen LogP contribution is -2.22. The summed E-state index contributed by atoms with van der Waals surface area (Å²) in [7, 11) is 1.69. The minimum Gasteiger partial charge on any atom is -0.451 e. The number of carbonyl (C=O) groups is 2. The summed E-state index contributed by atoms with van der Waals surface area (Å²) >= 11 is 0. The molecular weight excluding hydrogens is 275 g/mol. The molecule has 0 bridgehead atoms. The highest BCUT2D eigenvalue weighted by Crippen LogP contribution is 2.15. The Morgan fingerprint density at radius 1 is 1.33 bits per heavy atom. The van der Waals surface area contributed by atoms with Gasteiger partial charge in [-0.15, -0.1) is 0 Å². The van der Waals surface area contributed by atoms with Gasteiger partial charge in [0.1, 0.15) is 11.5 Å². The van der Waals surface area contributed by atoms with Crippen LogP contribution in [0.2, 0.25) is 0 Å². The van der Waals surface area contributed by atoms with Crippen LogP contribution in [0.3, 0.4) is 0 Å². The zero-order chi connectivity index (χ0) is 15.4. The maximum absolute atomic E-state index is 13.6. The molecule has 0 aliphatic rings. The Morgan fingerprint density at radius 2 is 2.10 bits per heavy atom. The summed E-state index contributed by atoms with van der Waals surface area (Å²) in [5, 5.41) is 2.35. The predicted molar refractivity (Wildman–Crippen MR) is 75.5 cm³/mol. The van der Waals surface area contributed by atoms with Gasteiger partial charge in [0.15, 0.2) is 6.61 Å². The van der Waals surface area contributed by atoms with E-state index in [2.05, 4.69) is 5.32 Å². The maximum atomic E-state index is 13.6. The van der Waals surface area contributed by atoms with Crippen LogP contribution in [0.5, 0.6) is 0 Å². The summed E-state index contributed by atoms with van der Waals surface area (Å²) in [6, 6.07) is 7.72. The van der Waals surface area contributed by atoms with Crippen molar-refractivity contribution in [3.8, 4) is 0 Å². The zero-order valence-electron chi connectivity index (χ0n) is 11.7. The normalized spacial score (nSPS) is 10.2. The molecule has 6 heteroatoms. The fourth-order valence-corrected chi connectivity index (χ4v) is 1.79. The molecule has 110 valence electrons. The van der Waals surface area contributed by atoms with Crippen molar-refractivity contribution in [1.29, 1.82) is 0 Å². The maximum Gasteiger partial charge on any atom is 0.355 e. The van der Waals surface area contributed by atoms with E-state index in [0.29, 0.717) is 5.69 Å². The lowest BCUT2D eigenvalue weighted by atomic mass is 10.2. The van der Waals surface area contributed by atoms with E-state index in [1.807, 2.05) is 0 Å². The molecule has 0 atom stereocenters. The number of hydrogen-bond acceptors (Lipinski definition) is 3. The fraction of sp³-hybridized carbons (Fsp3) is 0.200. The molecule has 2 aromatic rings. The van der Waals surface area contributed by atoms with E-state index in [0.717, 1.165) is 5.56 Å². The standard InChI is InChI=1S/C15H15FN2O3/c1-10-5-6-12(11(16)8-10)17-14(19)9-21-15(20)13-4-3-7-18(13)2/h3-8H,9H2,1-2H3,(H,17,19). The number of carbonyl (C=O) groups excluding carboxylic acids is 2. The molecule has 2 rings (SSSR count). The van der Waals surface area contributed by atoms with E-state index in [4.69, 9.17) is 4.74 Å². The molecule has 0 spiro atoms. The van der Waals surface area contributed by atoms with Gasteiger partial charge in [0.05, 0.1) is 5.69 Å². The van der Waals surface area contributed by atoms with E-state index < -0.39 is 24.3 Å². The molecule has 5 nitrogen and oxygen atoms in total. The molecule has 0 radical (unpaired) electrons. The molecule has 0 saturated carbocycles. The molecular formula is C15H15FN2O3. The van der Waals surface area contributed by atoms with Gasteiger partial charge in [-0.05, 0) is 36.8 Å². The summed E-state index contributed by atoms with van der Waals surface area (Å²) in [6.07, 6.45) is 1.69. The number of amides is 1. The first kappa shape index (κ1) is 14.8. The molecule has 1 heterocycles. The first-order chi connectivity index (χ1) is 9.97. The number of benzene rings is 1. The van der Waals surface area contributed by atoms with Crippen LogP contribution in [0.1, 0.15) is 16.1 Å². The second kappa shape index (κ2) is 6.21. The third-order valence-electron chi connectivity index (χ3n) is 2.89. The van der Waals surface area contributed by atoms with Crippen LogP contribution < -0.4 is 5.32 Å². The summed E-state index contributed by atoms with van der Waals surface area (Å²) in [6.45, 7) is 1.27. The Labute approximate surface area is 121 Å². The van der Waals surface area contributed by atoms with Gasteiger partial charge in [0.2, 0.25) is 0 Å². The lowest BCUT2D eigenvalue weighted by molar-refractivity contribution is -0.119. The number of aromatic nitrogens is 1. The van der Waals surface area contributed by atoms with Crippen LogP contribution in [0.25, 0.3) is 0 Å². The molecule has 1 aromatic carbocycles. The molecule has 1 N–H and O–H groups in total. The SMILES string of the molecule is Cc1ccc(NC(=O)COC(=O)c2cccn2C)c(F)c1. The number of hydrogen-bond donors (Lipinski definition) is 1. The van der Waals surface area contributed by atoms with Crippen molar-refractivity contribution >= 4 is 17.6 Å². The Kier molecular flexibility index (Phi) is 4.37. The number of anilines is 1. The molecule has 0 unspecified atom stereocenters. The lowest BCUT2D eigenvalue weighted by Gasteiger charge is -2.08. The highest BCUT2D eigenvalue weighted by Gasteiger charge is 2.13. The number of aryl methyl sites for hydroxylation is 2. The van der Waals surface area contributed by atoms with Crippen molar-refractivity contribution < 1.29 is 18.7 Å². The first-order valence-corrected chi connectivity index (χ1v) is 6.32. The summed E-state index contributed by atoms with van der Waals surface area (Å²) < 4.78 is 20.0. The fourth-order valence-electron chi connectivity index (χ4n) is 1.79. The zero-order valence-corrected chi connectivity index (χ0v) is 11.7. The summed E-state index contributed by atoms with van der Waals surface area (Å²) in [4.78, 5) is 23.3. The van der Waals surface area contributed by atoms with Gasteiger partial charge in [-0.1, -0.05) is 6.07 Å². The Morgan fingerprint density at radius 3 is 2.71 bits per heavy atom. The highest BCUT2D eigenvalue weighted by atomic mass is 19.1. The van der Waals surface area contributed by atoms with Gasteiger partial charge in [-0.3, -0.25) is 4.79 Å². The third kappa shape index (κ3) is 3.68. The Bertz CT molecular complexity index is 679. The van der Waals surface area contributed by atoms with Crippen molar-refractivity contribution in [3.05, 3.63) is 53.6 Å². The van der Waals surface area contributed by atoms with Gasteiger partial charge in [0.25, 0.3) is 5.91 Å². The molecule has 21 heavy (non-hydrogen) atoms. The van der Waals surface area contributed by atoms with Gasteiger partial charge in [0, 0.05) is 13.2 Å². The number of rotatable bonds is 4. The van der Waals surface area contributed by atoms with E-state index in [9.17, 15) is 14.0 Å². The van der Waals surface area contributed by atoms with Crippen LogP contribution in [-0.2, 0) is 16.6 Å². The van der Waals surface area contributed by atoms with E-state index in [1.165, 1.54) is 12.1 Å². The summed E-state index contributed by atoms with van der Waals surface area (Å²) in [5.41, 5.74) is 1.14. The van der Waals surface area contributed by atoms with Crippen LogP contribution in [-0.4, -0.2) is 23.1 Å². The Balaban J connectivity index is 1.90. The monoisotopic (exact) mass is 290 g/mol. The smallest absolute Gasteiger partial charge is 0.355 e. The quantitative estimate of drug-likeness (QED) is 0.879. The van der Waals surface area contributed by atoms with E-state index in [1.54, 1.807) is 42.9 Å². The van der Waals surface area contributed by atoms with Crippen molar-refractivity contribution in [2.45, 2.75) is 6.92 Å². The Hall–Kier alpha value is -2.63. The molecule has 0 fully saturated rings. The van der Waals surface area contributed by atoms with Crippen molar-refractivity contribution in [3.63, 3.8) is 0 Å². The van der Waals surface area contributed by atoms with Crippen LogP contribution >= 0.6 is 0 Å².